The Bertz CT molecular complexity index is 1010. The first-order valence-corrected chi connectivity index (χ1v) is 19.8. The lowest BCUT2D eigenvalue weighted by atomic mass is 10.1. The van der Waals surface area contributed by atoms with Gasteiger partial charge in [-0.1, -0.05) is 119 Å². The highest BCUT2D eigenvalue weighted by Crippen LogP contribution is 2.35. The fourth-order valence-electron chi connectivity index (χ4n) is 4.51. The topological polar surface area (TPSA) is 119 Å². The number of hydrogen-bond acceptors (Lipinski definition) is 6. The summed E-state index contributed by atoms with van der Waals surface area (Å²) in [5, 5.41) is 0. The normalized spacial score (nSPS) is 13.3. The average Bonchev–Trinajstić information content (AvgIpc) is 3.05. The number of hydrogen-bond donors (Lipinski definition) is 2. The highest BCUT2D eigenvalue weighted by molar-refractivity contribution is 7.46. The van der Waals surface area contributed by atoms with Crippen LogP contribution in [-0.2, 0) is 28.2 Å². The molecule has 0 amide bonds. The largest absolute Gasteiger partial charge is 0.469 e. The fraction of sp³-hybridized carbons (Fsp3) is 0.641. The predicted octanol–water partition coefficient (Wildman–Crippen LogP) is 10.7. The van der Waals surface area contributed by atoms with Gasteiger partial charge in [-0.2, -0.15) is 0 Å². The van der Waals surface area contributed by atoms with E-state index in [0.29, 0.717) is 12.8 Å². The van der Waals surface area contributed by atoms with E-state index in [4.69, 9.17) is 19.3 Å². The lowest BCUT2D eigenvalue weighted by Gasteiger charge is -2.18. The number of carbonyl (C=O) groups is 2. The van der Waals surface area contributed by atoms with Crippen LogP contribution >= 0.6 is 7.82 Å². The molecule has 1 atom stereocenters. The Balaban J connectivity index is 4.10. The van der Waals surface area contributed by atoms with E-state index in [0.717, 1.165) is 83.5 Å². The average molecular weight is 693 g/mol. The van der Waals surface area contributed by atoms with Crippen LogP contribution in [0.1, 0.15) is 142 Å². The second-order valence-electron chi connectivity index (χ2n) is 11.8. The Kier molecular flexibility index (Phi) is 32.6. The van der Waals surface area contributed by atoms with Crippen molar-refractivity contribution in [1.29, 1.82) is 0 Å². The van der Waals surface area contributed by atoms with Crippen molar-refractivity contribution in [2.75, 3.05) is 13.2 Å². The van der Waals surface area contributed by atoms with Crippen molar-refractivity contribution >= 4 is 19.8 Å². The SMILES string of the molecule is CC/C=C/C/C=C/C/C=C/CCCCCCCC(=O)O[C@H](COC(=O)CCCC/C=C/C/C=C/C/C=C/CCCCC)COP(=O)(O)O. The molecule has 0 aliphatic carbocycles. The van der Waals surface area contributed by atoms with Gasteiger partial charge in [-0.05, 0) is 83.5 Å². The Morgan fingerprint density at radius 3 is 1.54 bits per heavy atom. The molecule has 274 valence electrons. The molecular weight excluding hydrogens is 627 g/mol. The second kappa shape index (κ2) is 34.4. The summed E-state index contributed by atoms with van der Waals surface area (Å²) in [6.07, 6.45) is 43.4. The lowest BCUT2D eigenvalue weighted by Crippen LogP contribution is -2.29. The maximum atomic E-state index is 12.3. The number of phosphoric acid groups is 1. The van der Waals surface area contributed by atoms with Crippen molar-refractivity contribution in [1.82, 2.24) is 0 Å². The molecule has 8 nitrogen and oxygen atoms in total. The van der Waals surface area contributed by atoms with Crippen LogP contribution in [0, 0.1) is 0 Å². The molecule has 48 heavy (non-hydrogen) atoms. The zero-order valence-corrected chi connectivity index (χ0v) is 30.7. The summed E-state index contributed by atoms with van der Waals surface area (Å²) in [4.78, 5) is 42.6. The van der Waals surface area contributed by atoms with E-state index < -0.39 is 32.5 Å². The van der Waals surface area contributed by atoms with E-state index in [2.05, 4.69) is 91.3 Å². The van der Waals surface area contributed by atoms with E-state index in [1.165, 1.54) is 19.3 Å². The maximum absolute atomic E-state index is 12.3. The minimum absolute atomic E-state index is 0.180. The maximum Gasteiger partial charge on any atom is 0.469 e. The zero-order chi connectivity index (χ0) is 35.4. The number of unbranched alkanes of at least 4 members (excludes halogenated alkanes) is 10. The van der Waals surface area contributed by atoms with Crippen molar-refractivity contribution in [2.45, 2.75) is 148 Å². The molecule has 0 heterocycles. The van der Waals surface area contributed by atoms with E-state index >= 15 is 0 Å². The zero-order valence-electron chi connectivity index (χ0n) is 29.9. The van der Waals surface area contributed by atoms with Gasteiger partial charge in [0.1, 0.15) is 6.61 Å². The number of allylic oxidation sites excluding steroid dienone is 12. The molecule has 0 spiro atoms. The van der Waals surface area contributed by atoms with Crippen molar-refractivity contribution in [3.05, 3.63) is 72.9 Å². The molecule has 0 fully saturated rings. The van der Waals surface area contributed by atoms with Crippen LogP contribution in [0.3, 0.4) is 0 Å². The number of carbonyl (C=O) groups excluding carboxylic acids is 2. The second-order valence-corrected chi connectivity index (χ2v) is 13.0. The van der Waals surface area contributed by atoms with Gasteiger partial charge in [0, 0.05) is 12.8 Å². The molecule has 2 N–H and O–H groups in total. The van der Waals surface area contributed by atoms with Crippen molar-refractivity contribution in [3.63, 3.8) is 0 Å². The molecule has 0 aromatic rings. The predicted molar refractivity (Wildman–Crippen MR) is 197 cm³/mol. The third kappa shape index (κ3) is 36.3. The molecule has 0 unspecified atom stereocenters. The number of esters is 2. The van der Waals surface area contributed by atoms with Crippen LogP contribution in [0.25, 0.3) is 0 Å². The first-order chi connectivity index (χ1) is 23.3. The van der Waals surface area contributed by atoms with E-state index in [1.807, 2.05) is 0 Å². The lowest BCUT2D eigenvalue weighted by molar-refractivity contribution is -0.161. The molecule has 0 aliphatic rings. The molecule has 0 saturated heterocycles. The smallest absolute Gasteiger partial charge is 0.462 e. The monoisotopic (exact) mass is 692 g/mol. The highest BCUT2D eigenvalue weighted by Gasteiger charge is 2.22. The minimum atomic E-state index is -4.77. The molecule has 9 heteroatoms. The molecular formula is C39H65O8P. The van der Waals surface area contributed by atoms with E-state index in [1.54, 1.807) is 0 Å². The molecule has 0 aromatic carbocycles. The van der Waals surface area contributed by atoms with E-state index in [-0.39, 0.29) is 19.4 Å². The van der Waals surface area contributed by atoms with Gasteiger partial charge in [0.2, 0.25) is 0 Å². The van der Waals surface area contributed by atoms with E-state index in [9.17, 15) is 14.2 Å². The van der Waals surface area contributed by atoms with Crippen molar-refractivity contribution in [3.8, 4) is 0 Å². The van der Waals surface area contributed by atoms with Crippen LogP contribution in [0.15, 0.2) is 72.9 Å². The Morgan fingerprint density at radius 2 is 1.00 bits per heavy atom. The highest BCUT2D eigenvalue weighted by atomic mass is 31.2. The van der Waals surface area contributed by atoms with Gasteiger partial charge >= 0.3 is 19.8 Å². The molecule has 0 aromatic heterocycles. The van der Waals surface area contributed by atoms with Crippen molar-refractivity contribution in [2.24, 2.45) is 0 Å². The quantitative estimate of drug-likeness (QED) is 0.0309. The van der Waals surface area contributed by atoms with Gasteiger partial charge in [-0.3, -0.25) is 14.1 Å². The van der Waals surface area contributed by atoms with Gasteiger partial charge in [-0.15, -0.1) is 0 Å². The molecule has 0 saturated carbocycles. The standard InChI is InChI=1S/C39H65O8P/c1-3-5-7-9-11-13-15-17-19-21-23-25-27-29-31-33-38(40)45-35-37(36-46-48(42,43)44)47-39(41)34-32-30-28-26-24-22-20-18-16-14-12-10-8-6-4-2/h6,8,11-14,17-20,23,25,37H,3-5,7,9-10,15-16,21-22,24,26-36H2,1-2H3,(H2,42,43,44)/b8-6+,13-11+,14-12+,19-17+,20-18+,25-23+/t37-/m1/s1. The van der Waals surface area contributed by atoms with Gasteiger partial charge < -0.3 is 19.3 Å². The van der Waals surface area contributed by atoms with Gasteiger partial charge in [-0.25, -0.2) is 4.57 Å². The molecule has 0 radical (unpaired) electrons. The van der Waals surface area contributed by atoms with Crippen LogP contribution in [-0.4, -0.2) is 41.0 Å². The summed E-state index contributed by atoms with van der Waals surface area (Å²) in [6, 6.07) is 0. The summed E-state index contributed by atoms with van der Waals surface area (Å²) < 4.78 is 26.2. The Morgan fingerprint density at radius 1 is 0.562 bits per heavy atom. The Hall–Kier alpha value is -2.51. The summed E-state index contributed by atoms with van der Waals surface area (Å²) in [7, 11) is -4.77. The summed E-state index contributed by atoms with van der Waals surface area (Å²) >= 11 is 0. The van der Waals surface area contributed by atoms with Gasteiger partial charge in [0.05, 0.1) is 6.61 Å². The van der Waals surface area contributed by atoms with Gasteiger partial charge in [0.15, 0.2) is 6.10 Å². The fourth-order valence-corrected chi connectivity index (χ4v) is 4.87. The third-order valence-corrected chi connectivity index (χ3v) is 7.69. The van der Waals surface area contributed by atoms with Crippen LogP contribution in [0.5, 0.6) is 0 Å². The van der Waals surface area contributed by atoms with Crippen LogP contribution < -0.4 is 0 Å². The summed E-state index contributed by atoms with van der Waals surface area (Å²) in [6.45, 7) is 3.47. The van der Waals surface area contributed by atoms with Crippen molar-refractivity contribution < 1.29 is 37.9 Å². The van der Waals surface area contributed by atoms with Gasteiger partial charge in [0.25, 0.3) is 0 Å². The number of phosphoric ester groups is 1. The first-order valence-electron chi connectivity index (χ1n) is 18.2. The molecule has 0 rings (SSSR count). The summed E-state index contributed by atoms with van der Waals surface area (Å²) in [5.41, 5.74) is 0. The number of rotatable bonds is 32. The third-order valence-electron chi connectivity index (χ3n) is 7.21. The Labute approximate surface area is 291 Å². The van der Waals surface area contributed by atoms with Crippen LogP contribution in [0.4, 0.5) is 0 Å². The number of ether oxygens (including phenoxy) is 2. The minimum Gasteiger partial charge on any atom is -0.462 e. The van der Waals surface area contributed by atoms with Crippen LogP contribution in [0.2, 0.25) is 0 Å². The molecule has 0 aliphatic heterocycles. The molecule has 0 bridgehead atoms. The summed E-state index contributed by atoms with van der Waals surface area (Å²) in [5.74, 6) is -0.958. The first kappa shape index (κ1) is 45.5.